The lowest BCUT2D eigenvalue weighted by molar-refractivity contribution is 0.347. The van der Waals surface area contributed by atoms with Crippen LogP contribution in [-0.4, -0.2) is 40.4 Å². The van der Waals surface area contributed by atoms with Crippen LogP contribution < -0.4 is 24.8 Å². The van der Waals surface area contributed by atoms with Gasteiger partial charge in [0.25, 0.3) is 0 Å². The van der Waals surface area contributed by atoms with Crippen molar-refractivity contribution in [3.63, 3.8) is 0 Å². The molecule has 0 heterocycles. The second-order valence-corrected chi connectivity index (χ2v) is 5.41. The zero-order valence-electron chi connectivity index (χ0n) is 13.9. The SMILES string of the molecule is CN=C(NCc1cc(OC)c(OC)cc1OC)NC1CC1C. The summed E-state index contributed by atoms with van der Waals surface area (Å²) in [5, 5.41) is 6.70. The summed E-state index contributed by atoms with van der Waals surface area (Å²) in [4.78, 5) is 4.25. The predicted octanol–water partition coefficient (Wildman–Crippen LogP) is 1.79. The number of aliphatic imine (C=N–C) groups is 1. The highest BCUT2D eigenvalue weighted by Gasteiger charge is 2.33. The van der Waals surface area contributed by atoms with Crippen LogP contribution >= 0.6 is 0 Å². The van der Waals surface area contributed by atoms with E-state index in [4.69, 9.17) is 14.2 Å². The summed E-state index contributed by atoms with van der Waals surface area (Å²) in [5.74, 6) is 3.59. The number of guanidine groups is 1. The first-order valence-electron chi connectivity index (χ1n) is 7.39. The van der Waals surface area contributed by atoms with E-state index in [-0.39, 0.29) is 0 Å². The van der Waals surface area contributed by atoms with Crippen LogP contribution in [0.15, 0.2) is 17.1 Å². The predicted molar refractivity (Wildman–Crippen MR) is 87.0 cm³/mol. The number of rotatable bonds is 6. The quantitative estimate of drug-likeness (QED) is 0.619. The van der Waals surface area contributed by atoms with Crippen molar-refractivity contribution in [3.8, 4) is 17.2 Å². The molecule has 122 valence electrons. The molecule has 1 aliphatic rings. The van der Waals surface area contributed by atoms with Crippen LogP contribution in [0.1, 0.15) is 18.9 Å². The lowest BCUT2D eigenvalue weighted by atomic mass is 10.1. The molecule has 2 rings (SSSR count). The van der Waals surface area contributed by atoms with Gasteiger partial charge in [0.05, 0.1) is 21.3 Å². The van der Waals surface area contributed by atoms with Gasteiger partial charge in [0, 0.05) is 31.3 Å². The fourth-order valence-electron chi connectivity index (χ4n) is 2.30. The largest absolute Gasteiger partial charge is 0.496 e. The molecule has 1 fully saturated rings. The van der Waals surface area contributed by atoms with Gasteiger partial charge in [-0.15, -0.1) is 0 Å². The van der Waals surface area contributed by atoms with Crippen molar-refractivity contribution < 1.29 is 14.2 Å². The molecule has 1 aliphatic carbocycles. The van der Waals surface area contributed by atoms with Crippen molar-refractivity contribution in [2.24, 2.45) is 10.9 Å². The molecule has 0 radical (unpaired) electrons. The van der Waals surface area contributed by atoms with E-state index in [9.17, 15) is 0 Å². The topological polar surface area (TPSA) is 64.1 Å². The lowest BCUT2D eigenvalue weighted by Gasteiger charge is -2.16. The van der Waals surface area contributed by atoms with Crippen molar-refractivity contribution in [1.29, 1.82) is 0 Å². The van der Waals surface area contributed by atoms with Gasteiger partial charge in [-0.25, -0.2) is 0 Å². The first kappa shape index (κ1) is 16.3. The third-order valence-corrected chi connectivity index (χ3v) is 3.89. The maximum absolute atomic E-state index is 5.43. The standard InChI is InChI=1S/C16H25N3O3/c1-10-6-12(10)19-16(17-2)18-9-11-7-14(21-4)15(22-5)8-13(11)20-3/h7-8,10,12H,6,9H2,1-5H3,(H2,17,18,19). The molecule has 6 heteroatoms. The molecule has 0 spiro atoms. The maximum atomic E-state index is 5.43. The number of methoxy groups -OCH3 is 3. The Morgan fingerprint density at radius 1 is 1.14 bits per heavy atom. The van der Waals surface area contributed by atoms with Crippen LogP contribution in [0.3, 0.4) is 0 Å². The van der Waals surface area contributed by atoms with Crippen LogP contribution in [0, 0.1) is 5.92 Å². The monoisotopic (exact) mass is 307 g/mol. The number of nitrogens with one attached hydrogen (secondary N) is 2. The Bertz CT molecular complexity index is 546. The van der Waals surface area contributed by atoms with Gasteiger partial charge >= 0.3 is 0 Å². The minimum Gasteiger partial charge on any atom is -0.496 e. The molecule has 0 aliphatic heterocycles. The molecule has 6 nitrogen and oxygen atoms in total. The van der Waals surface area contributed by atoms with Gasteiger partial charge in [-0.2, -0.15) is 0 Å². The Morgan fingerprint density at radius 3 is 2.23 bits per heavy atom. The van der Waals surface area contributed by atoms with Crippen molar-refractivity contribution in [2.45, 2.75) is 25.9 Å². The minimum absolute atomic E-state index is 0.526. The van der Waals surface area contributed by atoms with Gasteiger partial charge in [-0.1, -0.05) is 6.92 Å². The van der Waals surface area contributed by atoms with E-state index in [1.54, 1.807) is 28.4 Å². The maximum Gasteiger partial charge on any atom is 0.191 e. The number of hydrogen-bond acceptors (Lipinski definition) is 4. The van der Waals surface area contributed by atoms with Crippen molar-refractivity contribution in [1.82, 2.24) is 10.6 Å². The second kappa shape index (κ2) is 7.24. The normalized spacial score (nSPS) is 20.3. The van der Waals surface area contributed by atoms with E-state index < -0.39 is 0 Å². The van der Waals surface area contributed by atoms with E-state index in [0.29, 0.717) is 30.0 Å². The van der Waals surface area contributed by atoms with Gasteiger partial charge in [0.1, 0.15) is 5.75 Å². The summed E-state index contributed by atoms with van der Waals surface area (Å²) in [6, 6.07) is 4.27. The smallest absolute Gasteiger partial charge is 0.191 e. The minimum atomic E-state index is 0.526. The Morgan fingerprint density at radius 2 is 1.73 bits per heavy atom. The zero-order valence-corrected chi connectivity index (χ0v) is 13.9. The van der Waals surface area contributed by atoms with Crippen molar-refractivity contribution in [2.75, 3.05) is 28.4 Å². The summed E-state index contributed by atoms with van der Waals surface area (Å²) >= 11 is 0. The van der Waals surface area contributed by atoms with E-state index in [1.807, 2.05) is 12.1 Å². The lowest BCUT2D eigenvalue weighted by Crippen LogP contribution is -2.38. The molecule has 2 unspecified atom stereocenters. The number of nitrogens with zero attached hydrogens (tertiary/aromatic N) is 1. The first-order chi connectivity index (χ1) is 10.6. The Hall–Kier alpha value is -2.11. The van der Waals surface area contributed by atoms with Gasteiger partial charge in [-0.05, 0) is 18.4 Å². The number of benzene rings is 1. The molecule has 0 aromatic heterocycles. The molecule has 1 aromatic rings. The van der Waals surface area contributed by atoms with Crippen molar-refractivity contribution in [3.05, 3.63) is 17.7 Å². The molecule has 0 amide bonds. The highest BCUT2D eigenvalue weighted by molar-refractivity contribution is 5.80. The van der Waals surface area contributed by atoms with E-state index in [0.717, 1.165) is 17.3 Å². The Labute approximate surface area is 131 Å². The highest BCUT2D eigenvalue weighted by Crippen LogP contribution is 2.34. The van der Waals surface area contributed by atoms with E-state index >= 15 is 0 Å². The fourth-order valence-corrected chi connectivity index (χ4v) is 2.30. The molecule has 2 N–H and O–H groups in total. The summed E-state index contributed by atoms with van der Waals surface area (Å²) in [5.41, 5.74) is 0.979. The zero-order chi connectivity index (χ0) is 16.1. The second-order valence-electron chi connectivity index (χ2n) is 5.41. The van der Waals surface area contributed by atoms with Gasteiger partial charge < -0.3 is 24.8 Å². The summed E-state index contributed by atoms with van der Waals surface area (Å²) in [6.07, 6.45) is 1.19. The molecule has 22 heavy (non-hydrogen) atoms. The summed E-state index contributed by atoms with van der Waals surface area (Å²) in [7, 11) is 6.65. The van der Waals surface area contributed by atoms with Crippen molar-refractivity contribution >= 4 is 5.96 Å². The average molecular weight is 307 g/mol. The third kappa shape index (κ3) is 3.75. The Balaban J connectivity index is 2.07. The number of hydrogen-bond donors (Lipinski definition) is 2. The van der Waals surface area contributed by atoms with Gasteiger partial charge in [-0.3, -0.25) is 4.99 Å². The fraction of sp³-hybridized carbons (Fsp3) is 0.562. The third-order valence-electron chi connectivity index (χ3n) is 3.89. The van der Waals surface area contributed by atoms with Crippen LogP contribution in [0.2, 0.25) is 0 Å². The van der Waals surface area contributed by atoms with Gasteiger partial charge in [0.2, 0.25) is 0 Å². The van der Waals surface area contributed by atoms with E-state index in [1.165, 1.54) is 6.42 Å². The first-order valence-corrected chi connectivity index (χ1v) is 7.39. The molecule has 0 saturated heterocycles. The molecular formula is C16H25N3O3. The average Bonchev–Trinajstić information content (AvgIpc) is 3.25. The molecule has 1 aromatic carbocycles. The molecule has 2 atom stereocenters. The molecular weight excluding hydrogens is 282 g/mol. The van der Waals surface area contributed by atoms with E-state index in [2.05, 4.69) is 22.5 Å². The van der Waals surface area contributed by atoms with Crippen LogP contribution in [0.5, 0.6) is 17.2 Å². The van der Waals surface area contributed by atoms with Gasteiger partial charge in [0.15, 0.2) is 17.5 Å². The Kier molecular flexibility index (Phi) is 5.35. The molecule has 1 saturated carbocycles. The highest BCUT2D eigenvalue weighted by atomic mass is 16.5. The summed E-state index contributed by atoms with van der Waals surface area (Å²) in [6.45, 7) is 2.81. The molecule has 0 bridgehead atoms. The van der Waals surface area contributed by atoms with Crippen LogP contribution in [0.25, 0.3) is 0 Å². The number of ether oxygens (including phenoxy) is 3. The summed E-state index contributed by atoms with van der Waals surface area (Å²) < 4.78 is 16.1. The van der Waals surface area contributed by atoms with Crippen LogP contribution in [-0.2, 0) is 6.54 Å². The van der Waals surface area contributed by atoms with Crippen LogP contribution in [0.4, 0.5) is 0 Å².